The Kier molecular flexibility index (Phi) is 8.31. The highest BCUT2D eigenvalue weighted by molar-refractivity contribution is 5.82. The predicted molar refractivity (Wildman–Crippen MR) is 203 cm³/mol. The van der Waals surface area contributed by atoms with Gasteiger partial charge in [0.2, 0.25) is 0 Å². The van der Waals surface area contributed by atoms with E-state index in [2.05, 4.69) is 177 Å². The van der Waals surface area contributed by atoms with Gasteiger partial charge >= 0.3 is 0 Å². The summed E-state index contributed by atoms with van der Waals surface area (Å²) in [6.07, 6.45) is 6.35. The summed E-state index contributed by atoms with van der Waals surface area (Å²) in [7, 11) is 0. The van der Waals surface area contributed by atoms with Gasteiger partial charge in [-0.25, -0.2) is 15.0 Å². The van der Waals surface area contributed by atoms with Crippen molar-refractivity contribution in [3.8, 4) is 67.3 Å². The molecule has 0 aliphatic heterocycles. The van der Waals surface area contributed by atoms with E-state index < -0.39 is 0 Å². The quantitative estimate of drug-likeness (QED) is 0.176. The van der Waals surface area contributed by atoms with Crippen LogP contribution in [0.3, 0.4) is 0 Å². The summed E-state index contributed by atoms with van der Waals surface area (Å²) in [6, 6.07) is 55.4. The number of aromatic nitrogens is 3. The molecule has 7 aromatic rings. The Labute approximate surface area is 288 Å². The molecule has 6 aromatic carbocycles. The second-order valence-corrected chi connectivity index (χ2v) is 12.5. The lowest BCUT2D eigenvalue weighted by Gasteiger charge is -2.15. The molecule has 0 atom stereocenters. The van der Waals surface area contributed by atoms with Crippen LogP contribution in [0.15, 0.2) is 175 Å². The average Bonchev–Trinajstić information content (AvgIpc) is 3.19. The van der Waals surface area contributed by atoms with Gasteiger partial charge in [0.05, 0.1) is 0 Å². The first-order valence-electron chi connectivity index (χ1n) is 16.8. The molecule has 0 fully saturated rings. The van der Waals surface area contributed by atoms with Crippen molar-refractivity contribution in [1.29, 1.82) is 0 Å². The first-order valence-corrected chi connectivity index (χ1v) is 16.8. The van der Waals surface area contributed by atoms with Crippen LogP contribution in [0, 0.1) is 0 Å². The molecule has 0 spiro atoms. The van der Waals surface area contributed by atoms with Crippen molar-refractivity contribution in [3.05, 3.63) is 181 Å². The maximum Gasteiger partial charge on any atom is 0.164 e. The SMILES string of the molecule is CC1=CCCC(c2nc(-c3cc(-c4ccccc4)cc(-c4ccccc4)c3)nc(-c3cc(-c4ccccc4)cc(-c4ccccc4)c3)n2)=C1. The zero-order chi connectivity index (χ0) is 33.0. The molecular formula is C46H35N3. The van der Waals surface area contributed by atoms with Gasteiger partial charge in [0.1, 0.15) is 0 Å². The molecule has 1 aliphatic rings. The minimum absolute atomic E-state index is 0.662. The minimum Gasteiger partial charge on any atom is -0.209 e. The number of hydrogen-bond acceptors (Lipinski definition) is 3. The Balaban J connectivity index is 1.36. The van der Waals surface area contributed by atoms with E-state index >= 15 is 0 Å². The summed E-state index contributed by atoms with van der Waals surface area (Å²) in [6.45, 7) is 2.15. The third kappa shape index (κ3) is 6.65. The highest BCUT2D eigenvalue weighted by Crippen LogP contribution is 2.36. The molecule has 8 rings (SSSR count). The molecule has 0 saturated heterocycles. The fourth-order valence-corrected chi connectivity index (χ4v) is 6.52. The molecule has 1 aliphatic carbocycles. The molecule has 49 heavy (non-hydrogen) atoms. The Morgan fingerprint density at radius 3 is 1.04 bits per heavy atom. The first kappa shape index (κ1) is 30.2. The van der Waals surface area contributed by atoms with E-state index in [1.165, 1.54) is 5.57 Å². The number of nitrogens with zero attached hydrogens (tertiary/aromatic N) is 3. The highest BCUT2D eigenvalue weighted by atomic mass is 15.0. The zero-order valence-electron chi connectivity index (χ0n) is 27.4. The maximum atomic E-state index is 5.26. The van der Waals surface area contributed by atoms with Crippen LogP contribution in [0.5, 0.6) is 0 Å². The Morgan fingerprint density at radius 2 is 0.694 bits per heavy atom. The van der Waals surface area contributed by atoms with Crippen LogP contribution in [0.2, 0.25) is 0 Å². The van der Waals surface area contributed by atoms with Crippen molar-refractivity contribution in [2.45, 2.75) is 19.8 Å². The van der Waals surface area contributed by atoms with Crippen LogP contribution in [0.25, 0.3) is 72.9 Å². The van der Waals surface area contributed by atoms with Crippen molar-refractivity contribution >= 4 is 5.57 Å². The molecule has 0 N–H and O–H groups in total. The Hall–Kier alpha value is -6.19. The van der Waals surface area contributed by atoms with E-state index in [1.807, 2.05) is 0 Å². The van der Waals surface area contributed by atoms with Crippen molar-refractivity contribution in [2.24, 2.45) is 0 Å². The van der Waals surface area contributed by atoms with Crippen LogP contribution >= 0.6 is 0 Å². The summed E-state index contributed by atoms with van der Waals surface area (Å²) in [5, 5.41) is 0. The molecule has 0 radical (unpaired) electrons. The lowest BCUT2D eigenvalue weighted by molar-refractivity contribution is 0.969. The normalized spacial score (nSPS) is 12.7. The summed E-state index contributed by atoms with van der Waals surface area (Å²) in [5.74, 6) is 2.05. The topological polar surface area (TPSA) is 38.7 Å². The molecule has 0 unspecified atom stereocenters. The van der Waals surface area contributed by atoms with Crippen LogP contribution in [0.4, 0.5) is 0 Å². The summed E-state index contributed by atoms with van der Waals surface area (Å²) in [4.78, 5) is 15.7. The van der Waals surface area contributed by atoms with E-state index in [0.717, 1.165) is 79.9 Å². The first-order chi connectivity index (χ1) is 24.2. The van der Waals surface area contributed by atoms with Crippen molar-refractivity contribution in [2.75, 3.05) is 0 Å². The van der Waals surface area contributed by atoms with E-state index in [0.29, 0.717) is 11.6 Å². The molecule has 3 nitrogen and oxygen atoms in total. The number of hydrogen-bond donors (Lipinski definition) is 0. The van der Waals surface area contributed by atoms with E-state index in [4.69, 9.17) is 15.0 Å². The molecule has 0 bridgehead atoms. The molecule has 3 heteroatoms. The summed E-state index contributed by atoms with van der Waals surface area (Å²) in [5.41, 5.74) is 13.3. The second-order valence-electron chi connectivity index (χ2n) is 12.5. The van der Waals surface area contributed by atoms with Gasteiger partial charge in [-0.1, -0.05) is 139 Å². The van der Waals surface area contributed by atoms with Crippen molar-refractivity contribution in [1.82, 2.24) is 15.0 Å². The summed E-state index contributed by atoms with van der Waals surface area (Å²) < 4.78 is 0. The minimum atomic E-state index is 0.662. The maximum absolute atomic E-state index is 5.26. The smallest absolute Gasteiger partial charge is 0.164 e. The van der Waals surface area contributed by atoms with Crippen LogP contribution in [-0.2, 0) is 0 Å². The molecule has 234 valence electrons. The zero-order valence-corrected chi connectivity index (χ0v) is 27.4. The van der Waals surface area contributed by atoms with Crippen LogP contribution in [-0.4, -0.2) is 15.0 Å². The van der Waals surface area contributed by atoms with Crippen LogP contribution in [0.1, 0.15) is 25.6 Å². The van der Waals surface area contributed by atoms with Gasteiger partial charge in [-0.15, -0.1) is 0 Å². The van der Waals surface area contributed by atoms with Gasteiger partial charge in [-0.2, -0.15) is 0 Å². The van der Waals surface area contributed by atoms with Gasteiger partial charge in [-0.3, -0.25) is 0 Å². The van der Waals surface area contributed by atoms with E-state index in [1.54, 1.807) is 0 Å². The largest absolute Gasteiger partial charge is 0.209 e. The fraction of sp³-hybridized carbons (Fsp3) is 0.0652. The van der Waals surface area contributed by atoms with Gasteiger partial charge in [-0.05, 0) is 106 Å². The number of rotatable bonds is 7. The molecule has 0 saturated carbocycles. The molecule has 1 heterocycles. The van der Waals surface area contributed by atoms with Crippen LogP contribution < -0.4 is 0 Å². The van der Waals surface area contributed by atoms with E-state index in [-0.39, 0.29) is 0 Å². The third-order valence-corrected chi connectivity index (χ3v) is 9.02. The fourth-order valence-electron chi connectivity index (χ4n) is 6.52. The lowest BCUT2D eigenvalue weighted by Crippen LogP contribution is -2.05. The second kappa shape index (κ2) is 13.5. The van der Waals surface area contributed by atoms with Gasteiger partial charge in [0, 0.05) is 11.1 Å². The molecular weight excluding hydrogens is 595 g/mol. The van der Waals surface area contributed by atoms with E-state index in [9.17, 15) is 0 Å². The number of benzene rings is 6. The lowest BCUT2D eigenvalue weighted by atomic mass is 9.95. The third-order valence-electron chi connectivity index (χ3n) is 9.02. The molecule has 1 aromatic heterocycles. The Bertz CT molecular complexity index is 2050. The van der Waals surface area contributed by atoms with Gasteiger partial charge in [0.25, 0.3) is 0 Å². The summed E-state index contributed by atoms with van der Waals surface area (Å²) >= 11 is 0. The standard InChI is InChI=1S/C46H35N3/c1-32-15-14-24-37(25-32)44-47-45(42-28-38(33-16-6-2-7-17-33)26-39(29-42)34-18-8-3-9-19-34)49-46(48-44)43-30-40(35-20-10-4-11-21-35)27-41(31-43)36-22-12-5-13-23-36/h2-13,15-23,25-31H,14,24H2,1H3. The Morgan fingerprint density at radius 1 is 0.367 bits per heavy atom. The number of allylic oxidation sites excluding steroid dienone is 4. The monoisotopic (exact) mass is 629 g/mol. The van der Waals surface area contributed by atoms with Gasteiger partial charge in [0.15, 0.2) is 17.5 Å². The predicted octanol–water partition coefficient (Wildman–Crippen LogP) is 12.0. The average molecular weight is 630 g/mol. The van der Waals surface area contributed by atoms with Crippen molar-refractivity contribution < 1.29 is 0 Å². The highest BCUT2D eigenvalue weighted by Gasteiger charge is 2.18. The van der Waals surface area contributed by atoms with Crippen molar-refractivity contribution in [3.63, 3.8) is 0 Å². The molecule has 0 amide bonds. The van der Waals surface area contributed by atoms with Gasteiger partial charge < -0.3 is 0 Å².